The Morgan fingerprint density at radius 2 is 1.89 bits per heavy atom. The van der Waals surface area contributed by atoms with Gasteiger partial charge in [-0.2, -0.15) is 5.26 Å². The van der Waals surface area contributed by atoms with E-state index in [0.29, 0.717) is 10.6 Å². The van der Waals surface area contributed by atoms with Crippen molar-refractivity contribution in [3.05, 3.63) is 79.0 Å². The number of amides is 1. The summed E-state index contributed by atoms with van der Waals surface area (Å²) in [5.41, 5.74) is 3.82. The molecular weight excluding hydrogens is 468 g/mol. The number of nitriles is 1. The number of rotatable bonds is 7. The molecule has 0 saturated heterocycles. The number of aromatic nitrogens is 1. The van der Waals surface area contributed by atoms with Gasteiger partial charge in [0.15, 0.2) is 0 Å². The number of aryl methyl sites for hydroxylation is 2. The normalized spacial score (nSPS) is 11.1. The van der Waals surface area contributed by atoms with Gasteiger partial charge in [0, 0.05) is 34.1 Å². The van der Waals surface area contributed by atoms with E-state index in [4.69, 9.17) is 4.74 Å². The number of thiophene rings is 1. The number of nitrogens with one attached hydrogen (secondary N) is 1. The number of anilines is 1. The highest BCUT2D eigenvalue weighted by Crippen LogP contribution is 2.33. The molecule has 0 aliphatic heterocycles. The Labute approximate surface area is 206 Å². The molecular formula is C25H24N4O5S. The van der Waals surface area contributed by atoms with E-state index in [2.05, 4.69) is 5.32 Å². The van der Waals surface area contributed by atoms with Crippen LogP contribution in [0.3, 0.4) is 0 Å². The van der Waals surface area contributed by atoms with Crippen molar-refractivity contribution < 1.29 is 19.2 Å². The smallest absolute Gasteiger partial charge is 0.341 e. The van der Waals surface area contributed by atoms with Gasteiger partial charge in [-0.05, 0) is 70.0 Å². The fourth-order valence-electron chi connectivity index (χ4n) is 3.69. The first-order valence-electron chi connectivity index (χ1n) is 10.7. The highest BCUT2D eigenvalue weighted by atomic mass is 32.1. The molecule has 3 rings (SSSR count). The van der Waals surface area contributed by atoms with Crippen molar-refractivity contribution in [2.45, 2.75) is 34.6 Å². The minimum absolute atomic E-state index is 0.0130. The van der Waals surface area contributed by atoms with Crippen molar-refractivity contribution in [2.24, 2.45) is 0 Å². The highest BCUT2D eigenvalue weighted by molar-refractivity contribution is 7.16. The summed E-state index contributed by atoms with van der Waals surface area (Å²) in [5.74, 6) is -1.17. The van der Waals surface area contributed by atoms with Crippen molar-refractivity contribution in [1.82, 2.24) is 4.57 Å². The van der Waals surface area contributed by atoms with Crippen LogP contribution in [0.5, 0.6) is 0 Å². The molecule has 0 fully saturated rings. The van der Waals surface area contributed by atoms with E-state index in [9.17, 15) is 25.0 Å². The lowest BCUT2D eigenvalue weighted by molar-refractivity contribution is -0.384. The molecule has 1 aromatic carbocycles. The predicted octanol–water partition coefficient (Wildman–Crippen LogP) is 5.40. The molecule has 1 amide bonds. The standard InChI is InChI=1S/C25H24N4O5S/c1-6-34-25(31)22-15(3)17(5)35-24(22)27-23(30)19(13-26)12-18-11-14(2)28(16(18)4)20-7-9-21(10-8-20)29(32)33/h7-12H,6H2,1-5H3,(H,27,30). The number of hydrogen-bond donors (Lipinski definition) is 1. The minimum Gasteiger partial charge on any atom is -0.462 e. The third-order valence-electron chi connectivity index (χ3n) is 5.55. The Balaban J connectivity index is 1.94. The van der Waals surface area contributed by atoms with Gasteiger partial charge in [-0.1, -0.05) is 0 Å². The van der Waals surface area contributed by atoms with Crippen molar-refractivity contribution in [3.63, 3.8) is 0 Å². The van der Waals surface area contributed by atoms with Crippen molar-refractivity contribution in [2.75, 3.05) is 11.9 Å². The lowest BCUT2D eigenvalue weighted by atomic mass is 10.1. The van der Waals surface area contributed by atoms with E-state index >= 15 is 0 Å². The van der Waals surface area contributed by atoms with E-state index < -0.39 is 16.8 Å². The third-order valence-corrected chi connectivity index (χ3v) is 6.67. The number of esters is 1. The maximum absolute atomic E-state index is 13.0. The molecule has 35 heavy (non-hydrogen) atoms. The summed E-state index contributed by atoms with van der Waals surface area (Å²) >= 11 is 1.25. The molecule has 3 aromatic rings. The Morgan fingerprint density at radius 3 is 2.46 bits per heavy atom. The molecule has 2 heterocycles. The summed E-state index contributed by atoms with van der Waals surface area (Å²) in [6.45, 7) is 9.22. The number of hydrogen-bond acceptors (Lipinski definition) is 7. The summed E-state index contributed by atoms with van der Waals surface area (Å²) < 4.78 is 7.00. The monoisotopic (exact) mass is 492 g/mol. The van der Waals surface area contributed by atoms with Crippen LogP contribution in [-0.2, 0) is 9.53 Å². The maximum atomic E-state index is 13.0. The van der Waals surface area contributed by atoms with Gasteiger partial charge in [0.2, 0.25) is 0 Å². The Morgan fingerprint density at radius 1 is 1.23 bits per heavy atom. The zero-order valence-electron chi connectivity index (χ0n) is 20.0. The predicted molar refractivity (Wildman–Crippen MR) is 134 cm³/mol. The Bertz CT molecular complexity index is 1390. The lowest BCUT2D eigenvalue weighted by Crippen LogP contribution is -2.16. The fourth-order valence-corrected chi connectivity index (χ4v) is 4.74. The van der Waals surface area contributed by atoms with Crippen LogP contribution >= 0.6 is 11.3 Å². The third kappa shape index (κ3) is 5.15. The zero-order chi connectivity index (χ0) is 25.9. The van der Waals surface area contributed by atoms with Crippen molar-refractivity contribution in [3.8, 4) is 11.8 Å². The van der Waals surface area contributed by atoms with Crippen molar-refractivity contribution in [1.29, 1.82) is 5.26 Å². The molecule has 0 aliphatic rings. The lowest BCUT2D eigenvalue weighted by Gasteiger charge is -2.09. The van der Waals surface area contributed by atoms with Crippen LogP contribution in [0.4, 0.5) is 10.7 Å². The molecule has 0 radical (unpaired) electrons. The fraction of sp³-hybridized carbons (Fsp3) is 0.240. The first kappa shape index (κ1) is 25.4. The van der Waals surface area contributed by atoms with Gasteiger partial charge in [0.1, 0.15) is 16.6 Å². The quantitative estimate of drug-likeness (QED) is 0.155. The first-order chi connectivity index (χ1) is 16.6. The second-order valence-electron chi connectivity index (χ2n) is 7.77. The zero-order valence-corrected chi connectivity index (χ0v) is 20.8. The SMILES string of the molecule is CCOC(=O)c1c(NC(=O)C(C#N)=Cc2cc(C)n(-c3ccc([N+](=O)[O-])cc3)c2C)sc(C)c1C. The van der Waals surface area contributed by atoms with Gasteiger partial charge < -0.3 is 14.6 Å². The van der Waals surface area contributed by atoms with E-state index in [0.717, 1.165) is 27.5 Å². The number of ether oxygens (including phenoxy) is 1. The summed E-state index contributed by atoms with van der Waals surface area (Å²) in [6.07, 6.45) is 1.48. The van der Waals surface area contributed by atoms with Crippen LogP contribution < -0.4 is 5.32 Å². The number of benzene rings is 1. The number of carbonyl (C=O) groups excluding carboxylic acids is 2. The highest BCUT2D eigenvalue weighted by Gasteiger charge is 2.23. The van der Waals surface area contributed by atoms with Gasteiger partial charge in [-0.3, -0.25) is 14.9 Å². The minimum atomic E-state index is -0.639. The number of nitro benzene ring substituents is 1. The van der Waals surface area contributed by atoms with Crippen LogP contribution in [0.2, 0.25) is 0 Å². The van der Waals surface area contributed by atoms with Crippen molar-refractivity contribution >= 4 is 40.0 Å². The second-order valence-corrected chi connectivity index (χ2v) is 8.99. The van der Waals surface area contributed by atoms with Gasteiger partial charge in [0.05, 0.1) is 17.1 Å². The van der Waals surface area contributed by atoms with Crippen LogP contribution in [-0.4, -0.2) is 28.0 Å². The summed E-state index contributed by atoms with van der Waals surface area (Å²) in [7, 11) is 0. The molecule has 0 atom stereocenters. The molecule has 10 heteroatoms. The molecule has 0 spiro atoms. The molecule has 0 saturated carbocycles. The van der Waals surface area contributed by atoms with Crippen LogP contribution in [0, 0.1) is 49.1 Å². The number of nitrogens with zero attached hydrogens (tertiary/aromatic N) is 3. The average molecular weight is 493 g/mol. The maximum Gasteiger partial charge on any atom is 0.341 e. The van der Waals surface area contributed by atoms with E-state index in [1.54, 1.807) is 26.0 Å². The molecule has 9 nitrogen and oxygen atoms in total. The number of non-ortho nitro benzene ring substituents is 1. The summed E-state index contributed by atoms with van der Waals surface area (Å²) in [6, 6.07) is 9.88. The Hall–Kier alpha value is -4.23. The van der Waals surface area contributed by atoms with Crippen LogP contribution in [0.15, 0.2) is 35.9 Å². The van der Waals surface area contributed by atoms with Gasteiger partial charge >= 0.3 is 5.97 Å². The average Bonchev–Trinajstić information content (AvgIpc) is 3.25. The second kappa shape index (κ2) is 10.4. The largest absolute Gasteiger partial charge is 0.462 e. The number of nitro groups is 1. The molecule has 0 unspecified atom stereocenters. The Kier molecular flexibility index (Phi) is 7.52. The van der Waals surface area contributed by atoms with Gasteiger partial charge in [0.25, 0.3) is 11.6 Å². The van der Waals surface area contributed by atoms with E-state index in [1.807, 2.05) is 37.5 Å². The molecule has 0 bridgehead atoms. The van der Waals surface area contributed by atoms with Gasteiger partial charge in [-0.15, -0.1) is 11.3 Å². The molecule has 0 aliphatic carbocycles. The summed E-state index contributed by atoms with van der Waals surface area (Å²) in [4.78, 5) is 36.7. The summed E-state index contributed by atoms with van der Waals surface area (Å²) in [5, 5.41) is 23.7. The first-order valence-corrected chi connectivity index (χ1v) is 11.5. The molecule has 180 valence electrons. The van der Waals surface area contributed by atoms with Crippen LogP contribution in [0.25, 0.3) is 11.8 Å². The van der Waals surface area contributed by atoms with Crippen LogP contribution in [0.1, 0.15) is 44.7 Å². The van der Waals surface area contributed by atoms with E-state index in [-0.39, 0.29) is 23.4 Å². The number of carbonyl (C=O) groups is 2. The molecule has 1 N–H and O–H groups in total. The topological polar surface area (TPSA) is 127 Å². The van der Waals surface area contributed by atoms with E-state index in [1.165, 1.54) is 29.5 Å². The molecule has 2 aromatic heterocycles. The van der Waals surface area contributed by atoms with Gasteiger partial charge in [-0.25, -0.2) is 4.79 Å².